The molecule has 1 rings (SSSR count). The lowest BCUT2D eigenvalue weighted by atomic mass is 9.86. The fourth-order valence-corrected chi connectivity index (χ4v) is 2.95. The molecule has 1 aliphatic rings. The Balaban J connectivity index is 3.25. The van der Waals surface area contributed by atoms with E-state index >= 15 is 0 Å². The van der Waals surface area contributed by atoms with Crippen LogP contribution in [0.4, 0.5) is 0 Å². The maximum absolute atomic E-state index is 12.8. The Bertz CT molecular complexity index is 492. The average Bonchev–Trinajstić information content (AvgIpc) is 2.94. The standard InChI is InChI=1S/C17H30N2O5/c1-11(2)10-17(14(21)22,15(23)24-16(3,4)5)19(6)13(20)12-8-7-9-18-12/h11-12,18H,7-10H2,1-6H3,(H,21,22)/t12-,17-/m0/s1. The molecule has 0 aromatic heterocycles. The lowest BCUT2D eigenvalue weighted by Crippen LogP contribution is -2.64. The smallest absolute Gasteiger partial charge is 0.344 e. The third-order valence-electron chi connectivity index (χ3n) is 4.06. The molecule has 0 unspecified atom stereocenters. The van der Waals surface area contributed by atoms with Crippen molar-refractivity contribution in [3.8, 4) is 0 Å². The molecule has 7 heteroatoms. The number of carboxylic acids is 1. The summed E-state index contributed by atoms with van der Waals surface area (Å²) < 4.78 is 5.37. The van der Waals surface area contributed by atoms with E-state index in [-0.39, 0.29) is 18.2 Å². The summed E-state index contributed by atoms with van der Waals surface area (Å²) in [5, 5.41) is 12.9. The van der Waals surface area contributed by atoms with Crippen LogP contribution in [-0.4, -0.2) is 58.6 Å². The van der Waals surface area contributed by atoms with Gasteiger partial charge in [-0.15, -0.1) is 0 Å². The first-order valence-electron chi connectivity index (χ1n) is 8.39. The second-order valence-corrected chi connectivity index (χ2v) is 7.81. The largest absolute Gasteiger partial charge is 0.479 e. The van der Waals surface area contributed by atoms with Gasteiger partial charge in [-0.3, -0.25) is 4.79 Å². The molecule has 0 bridgehead atoms. The molecule has 24 heavy (non-hydrogen) atoms. The molecule has 0 aliphatic carbocycles. The summed E-state index contributed by atoms with van der Waals surface area (Å²) in [4.78, 5) is 38.7. The summed E-state index contributed by atoms with van der Waals surface area (Å²) in [5.74, 6) is -2.76. The number of amides is 1. The molecule has 0 spiro atoms. The van der Waals surface area contributed by atoms with Crippen LogP contribution in [0.2, 0.25) is 0 Å². The highest BCUT2D eigenvalue weighted by Crippen LogP contribution is 2.29. The quantitative estimate of drug-likeness (QED) is 0.560. The molecule has 0 aromatic carbocycles. The van der Waals surface area contributed by atoms with Gasteiger partial charge >= 0.3 is 11.9 Å². The number of nitrogens with zero attached hydrogens (tertiary/aromatic N) is 1. The third-order valence-corrected chi connectivity index (χ3v) is 4.06. The molecule has 0 aromatic rings. The number of rotatable bonds is 6. The van der Waals surface area contributed by atoms with E-state index in [9.17, 15) is 19.5 Å². The summed E-state index contributed by atoms with van der Waals surface area (Å²) in [6.45, 7) is 9.36. The van der Waals surface area contributed by atoms with E-state index in [1.165, 1.54) is 7.05 Å². The molecule has 2 atom stereocenters. The van der Waals surface area contributed by atoms with Crippen molar-refractivity contribution in [1.29, 1.82) is 0 Å². The van der Waals surface area contributed by atoms with Gasteiger partial charge in [0.15, 0.2) is 0 Å². The molecule has 0 radical (unpaired) electrons. The Labute approximate surface area is 143 Å². The maximum atomic E-state index is 12.8. The van der Waals surface area contributed by atoms with Crippen molar-refractivity contribution in [2.45, 2.75) is 71.1 Å². The first-order chi connectivity index (χ1) is 10.9. The molecular weight excluding hydrogens is 312 g/mol. The zero-order valence-electron chi connectivity index (χ0n) is 15.5. The Morgan fingerprint density at radius 1 is 1.29 bits per heavy atom. The van der Waals surface area contributed by atoms with E-state index in [1.807, 2.05) is 13.8 Å². The zero-order valence-corrected chi connectivity index (χ0v) is 15.5. The second-order valence-electron chi connectivity index (χ2n) is 7.81. The molecule has 2 N–H and O–H groups in total. The number of esters is 1. The van der Waals surface area contributed by atoms with E-state index < -0.39 is 29.1 Å². The molecule has 1 fully saturated rings. The molecule has 1 amide bonds. The highest BCUT2D eigenvalue weighted by molar-refractivity contribution is 6.07. The highest BCUT2D eigenvalue weighted by Gasteiger charge is 2.55. The third kappa shape index (κ3) is 4.47. The number of aliphatic carboxylic acids is 1. The minimum Gasteiger partial charge on any atom is -0.479 e. The van der Waals surface area contributed by atoms with Crippen LogP contribution in [-0.2, 0) is 19.1 Å². The van der Waals surface area contributed by atoms with E-state index in [1.54, 1.807) is 20.8 Å². The van der Waals surface area contributed by atoms with Crippen molar-refractivity contribution in [2.75, 3.05) is 13.6 Å². The molecule has 0 saturated carbocycles. The molecule has 138 valence electrons. The van der Waals surface area contributed by atoms with Crippen LogP contribution in [0.3, 0.4) is 0 Å². The Hall–Kier alpha value is -1.63. The molecular formula is C17H30N2O5. The molecule has 7 nitrogen and oxygen atoms in total. The fraction of sp³-hybridized carbons (Fsp3) is 0.824. The van der Waals surface area contributed by atoms with Crippen LogP contribution in [0, 0.1) is 5.92 Å². The number of nitrogens with one attached hydrogen (secondary N) is 1. The summed E-state index contributed by atoms with van der Waals surface area (Å²) in [5.41, 5.74) is -2.87. The van der Waals surface area contributed by atoms with Gasteiger partial charge in [0.1, 0.15) is 5.60 Å². The predicted molar refractivity (Wildman–Crippen MR) is 89.5 cm³/mol. The van der Waals surface area contributed by atoms with E-state index in [0.29, 0.717) is 13.0 Å². The van der Waals surface area contributed by atoms with Gasteiger partial charge in [-0.25, -0.2) is 9.59 Å². The highest BCUT2D eigenvalue weighted by atomic mass is 16.6. The summed E-state index contributed by atoms with van der Waals surface area (Å²) in [7, 11) is 1.38. The van der Waals surface area contributed by atoms with Gasteiger partial charge in [0, 0.05) is 7.05 Å². The predicted octanol–water partition coefficient (Wildman–Crippen LogP) is 1.41. The topological polar surface area (TPSA) is 95.9 Å². The minimum atomic E-state index is -2.02. The van der Waals surface area contributed by atoms with Crippen molar-refractivity contribution in [1.82, 2.24) is 10.2 Å². The number of carbonyl (C=O) groups is 3. The van der Waals surface area contributed by atoms with Crippen molar-refractivity contribution in [2.24, 2.45) is 5.92 Å². The van der Waals surface area contributed by atoms with Gasteiger partial charge in [0.2, 0.25) is 11.4 Å². The molecule has 1 saturated heterocycles. The van der Waals surface area contributed by atoms with Crippen molar-refractivity contribution >= 4 is 17.8 Å². The lowest BCUT2D eigenvalue weighted by Gasteiger charge is -2.39. The number of hydrogen-bond acceptors (Lipinski definition) is 5. The Morgan fingerprint density at radius 2 is 1.88 bits per heavy atom. The van der Waals surface area contributed by atoms with Gasteiger partial charge in [-0.05, 0) is 52.5 Å². The monoisotopic (exact) mass is 342 g/mol. The van der Waals surface area contributed by atoms with Gasteiger partial charge in [-0.1, -0.05) is 13.8 Å². The number of likely N-dealkylation sites (N-methyl/N-ethyl adjacent to an activating group) is 1. The van der Waals surface area contributed by atoms with Gasteiger partial charge in [0.25, 0.3) is 0 Å². The molecule has 1 heterocycles. The van der Waals surface area contributed by atoms with Crippen LogP contribution in [0.5, 0.6) is 0 Å². The van der Waals surface area contributed by atoms with E-state index in [0.717, 1.165) is 11.3 Å². The summed E-state index contributed by atoms with van der Waals surface area (Å²) >= 11 is 0. The van der Waals surface area contributed by atoms with E-state index in [2.05, 4.69) is 5.32 Å². The number of ether oxygens (including phenoxy) is 1. The van der Waals surface area contributed by atoms with Crippen LogP contribution >= 0.6 is 0 Å². The first kappa shape index (κ1) is 20.4. The average molecular weight is 342 g/mol. The maximum Gasteiger partial charge on any atom is 0.344 e. The summed E-state index contributed by atoms with van der Waals surface area (Å²) in [6, 6.07) is -0.455. The van der Waals surface area contributed by atoms with Crippen molar-refractivity contribution in [3.05, 3.63) is 0 Å². The Morgan fingerprint density at radius 3 is 2.25 bits per heavy atom. The van der Waals surface area contributed by atoms with Crippen LogP contribution in [0.15, 0.2) is 0 Å². The Kier molecular flexibility index (Phi) is 6.38. The van der Waals surface area contributed by atoms with Gasteiger partial charge in [0.05, 0.1) is 6.04 Å². The van der Waals surface area contributed by atoms with Crippen molar-refractivity contribution in [3.63, 3.8) is 0 Å². The first-order valence-corrected chi connectivity index (χ1v) is 8.39. The van der Waals surface area contributed by atoms with Crippen molar-refractivity contribution < 1.29 is 24.2 Å². The zero-order chi connectivity index (χ0) is 18.7. The number of carbonyl (C=O) groups excluding carboxylic acids is 2. The minimum absolute atomic E-state index is 0.00773. The van der Waals surface area contributed by atoms with Crippen LogP contribution in [0.25, 0.3) is 0 Å². The van der Waals surface area contributed by atoms with Crippen LogP contribution < -0.4 is 5.32 Å². The van der Waals surface area contributed by atoms with Gasteiger partial charge in [-0.2, -0.15) is 0 Å². The summed E-state index contributed by atoms with van der Waals surface area (Å²) in [6.07, 6.45) is 1.47. The fourth-order valence-electron chi connectivity index (χ4n) is 2.95. The van der Waals surface area contributed by atoms with Gasteiger partial charge < -0.3 is 20.1 Å². The van der Waals surface area contributed by atoms with Crippen LogP contribution in [0.1, 0.15) is 53.9 Å². The normalized spacial score (nSPS) is 20.5. The van der Waals surface area contributed by atoms with E-state index in [4.69, 9.17) is 4.74 Å². The SMILES string of the molecule is CC(C)C[C@](C(=O)O)(C(=O)OC(C)(C)C)N(C)C(=O)[C@@H]1CCCN1. The second kappa shape index (κ2) is 7.51. The molecule has 1 aliphatic heterocycles. The lowest BCUT2D eigenvalue weighted by molar-refractivity contribution is -0.183. The number of carboxylic acid groups (broad SMARTS) is 1. The number of hydrogen-bond donors (Lipinski definition) is 2.